The summed E-state index contributed by atoms with van der Waals surface area (Å²) in [6, 6.07) is 14.0. The molecular formula is C22H27N3O3S. The van der Waals surface area contributed by atoms with E-state index in [1.807, 2.05) is 36.6 Å². The van der Waals surface area contributed by atoms with Crippen molar-refractivity contribution in [2.75, 3.05) is 74.0 Å². The summed E-state index contributed by atoms with van der Waals surface area (Å²) in [4.78, 5) is 18.6. The van der Waals surface area contributed by atoms with Gasteiger partial charge in [0.2, 0.25) is 0 Å². The number of morpholine rings is 2. The number of nitrogens with one attached hydrogen (secondary N) is 1. The normalized spacial score (nSPS) is 17.3. The molecule has 6 nitrogen and oxygen atoms in total. The Morgan fingerprint density at radius 3 is 2.14 bits per heavy atom. The molecule has 0 bridgehead atoms. The minimum Gasteiger partial charge on any atom is -0.378 e. The quantitative estimate of drug-likeness (QED) is 0.759. The summed E-state index contributed by atoms with van der Waals surface area (Å²) in [6.45, 7) is 6.30. The zero-order chi connectivity index (χ0) is 20.1. The molecular weight excluding hydrogens is 386 g/mol. The summed E-state index contributed by atoms with van der Waals surface area (Å²) in [6.07, 6.45) is 2.03. The van der Waals surface area contributed by atoms with Crippen LogP contribution in [-0.4, -0.2) is 64.8 Å². The van der Waals surface area contributed by atoms with E-state index in [4.69, 9.17) is 9.47 Å². The molecule has 29 heavy (non-hydrogen) atoms. The van der Waals surface area contributed by atoms with E-state index >= 15 is 0 Å². The molecule has 0 atom stereocenters. The van der Waals surface area contributed by atoms with E-state index in [-0.39, 0.29) is 5.91 Å². The molecule has 2 aliphatic rings. The third-order valence-corrected chi connectivity index (χ3v) is 6.05. The fourth-order valence-electron chi connectivity index (χ4n) is 3.65. The number of carbonyl (C=O) groups is 1. The first kappa shape index (κ1) is 20.1. The lowest BCUT2D eigenvalue weighted by Gasteiger charge is -2.33. The third-order valence-electron chi connectivity index (χ3n) is 5.31. The van der Waals surface area contributed by atoms with Crippen molar-refractivity contribution in [3.63, 3.8) is 0 Å². The molecule has 0 saturated carbocycles. The minimum atomic E-state index is -0.0914. The van der Waals surface area contributed by atoms with Gasteiger partial charge in [-0.2, -0.15) is 0 Å². The standard InChI is InChI=1S/C22H27N3O3S/c1-29-19-5-2-17(3-6-19)22(26)23-20-7-4-18(24-8-12-27-13-9-24)16-21(20)25-10-14-28-15-11-25/h2-7,16H,8-15H2,1H3,(H,23,26). The van der Waals surface area contributed by atoms with Crippen molar-refractivity contribution in [3.8, 4) is 0 Å². The number of thioether (sulfide) groups is 1. The van der Waals surface area contributed by atoms with E-state index in [1.54, 1.807) is 11.8 Å². The second-order valence-corrected chi connectivity index (χ2v) is 7.96. The molecule has 0 aliphatic carbocycles. The van der Waals surface area contributed by atoms with Crippen LogP contribution in [0.1, 0.15) is 10.4 Å². The summed E-state index contributed by atoms with van der Waals surface area (Å²) in [5.41, 5.74) is 3.71. The molecule has 2 aromatic carbocycles. The van der Waals surface area contributed by atoms with Crippen LogP contribution in [0.2, 0.25) is 0 Å². The molecule has 0 aromatic heterocycles. The summed E-state index contributed by atoms with van der Waals surface area (Å²) in [7, 11) is 0. The van der Waals surface area contributed by atoms with Gasteiger partial charge in [-0.25, -0.2) is 0 Å². The van der Waals surface area contributed by atoms with Crippen molar-refractivity contribution < 1.29 is 14.3 Å². The Balaban J connectivity index is 1.59. The fraction of sp³-hybridized carbons (Fsp3) is 0.409. The SMILES string of the molecule is CSc1ccc(C(=O)Nc2ccc(N3CCOCC3)cc2N2CCOCC2)cc1. The van der Waals surface area contributed by atoms with Crippen molar-refractivity contribution in [2.24, 2.45) is 0 Å². The van der Waals surface area contributed by atoms with Gasteiger partial charge in [-0.05, 0) is 48.7 Å². The van der Waals surface area contributed by atoms with Gasteiger partial charge in [0.1, 0.15) is 0 Å². The van der Waals surface area contributed by atoms with Crippen LogP contribution in [0, 0.1) is 0 Å². The maximum absolute atomic E-state index is 12.8. The summed E-state index contributed by atoms with van der Waals surface area (Å²) >= 11 is 1.67. The number of hydrogen-bond donors (Lipinski definition) is 1. The van der Waals surface area contributed by atoms with Gasteiger partial charge in [-0.1, -0.05) is 0 Å². The second kappa shape index (κ2) is 9.52. The maximum Gasteiger partial charge on any atom is 0.255 e. The van der Waals surface area contributed by atoms with Crippen LogP contribution >= 0.6 is 11.8 Å². The Morgan fingerprint density at radius 1 is 0.897 bits per heavy atom. The van der Waals surface area contributed by atoms with Crippen LogP contribution in [0.4, 0.5) is 17.1 Å². The molecule has 1 amide bonds. The maximum atomic E-state index is 12.8. The van der Waals surface area contributed by atoms with Crippen LogP contribution in [0.5, 0.6) is 0 Å². The van der Waals surface area contributed by atoms with E-state index in [1.165, 1.54) is 0 Å². The first-order valence-corrected chi connectivity index (χ1v) is 11.2. The highest BCUT2D eigenvalue weighted by atomic mass is 32.2. The van der Waals surface area contributed by atoms with Crippen LogP contribution in [0.15, 0.2) is 47.4 Å². The van der Waals surface area contributed by atoms with Gasteiger partial charge in [-0.3, -0.25) is 4.79 Å². The van der Waals surface area contributed by atoms with E-state index < -0.39 is 0 Å². The highest BCUT2D eigenvalue weighted by Crippen LogP contribution is 2.32. The Morgan fingerprint density at radius 2 is 1.52 bits per heavy atom. The summed E-state index contributed by atoms with van der Waals surface area (Å²) in [5.74, 6) is -0.0914. The first-order chi connectivity index (χ1) is 14.2. The van der Waals surface area contributed by atoms with E-state index in [2.05, 4.69) is 27.2 Å². The number of nitrogens with zero attached hydrogens (tertiary/aromatic N) is 2. The van der Waals surface area contributed by atoms with Crippen LogP contribution in [0.25, 0.3) is 0 Å². The van der Waals surface area contributed by atoms with E-state index in [0.29, 0.717) is 18.8 Å². The van der Waals surface area contributed by atoms with Crippen LogP contribution in [-0.2, 0) is 9.47 Å². The number of carbonyl (C=O) groups excluding carboxylic acids is 1. The zero-order valence-corrected chi connectivity index (χ0v) is 17.5. The highest BCUT2D eigenvalue weighted by molar-refractivity contribution is 7.98. The van der Waals surface area contributed by atoms with Crippen LogP contribution < -0.4 is 15.1 Å². The number of benzene rings is 2. The van der Waals surface area contributed by atoms with Crippen molar-refractivity contribution >= 4 is 34.7 Å². The van der Waals surface area contributed by atoms with Crippen molar-refractivity contribution in [2.45, 2.75) is 4.90 Å². The average molecular weight is 414 g/mol. The van der Waals surface area contributed by atoms with Gasteiger partial charge in [0.25, 0.3) is 5.91 Å². The molecule has 2 aliphatic heterocycles. The molecule has 154 valence electrons. The van der Waals surface area contributed by atoms with Gasteiger partial charge in [-0.15, -0.1) is 11.8 Å². The van der Waals surface area contributed by atoms with Crippen molar-refractivity contribution in [1.82, 2.24) is 0 Å². The Bertz CT molecular complexity index is 832. The minimum absolute atomic E-state index is 0.0914. The first-order valence-electron chi connectivity index (χ1n) is 9.99. The molecule has 1 N–H and O–H groups in total. The van der Waals surface area contributed by atoms with E-state index in [0.717, 1.165) is 61.4 Å². The Hall–Kier alpha value is -2.22. The summed E-state index contributed by atoms with van der Waals surface area (Å²) in [5, 5.41) is 3.12. The Labute approximate surface area is 176 Å². The lowest BCUT2D eigenvalue weighted by atomic mass is 10.1. The molecule has 0 spiro atoms. The molecule has 4 rings (SSSR count). The number of amides is 1. The Kier molecular flexibility index (Phi) is 6.59. The highest BCUT2D eigenvalue weighted by Gasteiger charge is 2.20. The molecule has 7 heteroatoms. The third kappa shape index (κ3) is 4.86. The van der Waals surface area contributed by atoms with E-state index in [9.17, 15) is 4.79 Å². The molecule has 2 saturated heterocycles. The predicted octanol–water partition coefficient (Wildman–Crippen LogP) is 3.33. The molecule has 2 aromatic rings. The number of hydrogen-bond acceptors (Lipinski definition) is 6. The second-order valence-electron chi connectivity index (χ2n) is 7.08. The molecule has 0 radical (unpaired) electrons. The fourth-order valence-corrected chi connectivity index (χ4v) is 4.05. The molecule has 0 unspecified atom stereocenters. The number of anilines is 3. The monoisotopic (exact) mass is 413 g/mol. The topological polar surface area (TPSA) is 54.0 Å². The lowest BCUT2D eigenvalue weighted by Crippen LogP contribution is -2.38. The van der Waals surface area contributed by atoms with Gasteiger partial charge in [0.15, 0.2) is 0 Å². The van der Waals surface area contributed by atoms with Gasteiger partial charge in [0, 0.05) is 42.3 Å². The average Bonchev–Trinajstić information content (AvgIpc) is 2.80. The molecule has 2 heterocycles. The van der Waals surface area contributed by atoms with Gasteiger partial charge >= 0.3 is 0 Å². The lowest BCUT2D eigenvalue weighted by molar-refractivity contribution is 0.102. The predicted molar refractivity (Wildman–Crippen MR) is 119 cm³/mol. The summed E-state index contributed by atoms with van der Waals surface area (Å²) < 4.78 is 11.0. The molecule has 2 fully saturated rings. The smallest absolute Gasteiger partial charge is 0.255 e. The van der Waals surface area contributed by atoms with Crippen molar-refractivity contribution in [1.29, 1.82) is 0 Å². The largest absolute Gasteiger partial charge is 0.378 e. The number of rotatable bonds is 5. The van der Waals surface area contributed by atoms with Crippen molar-refractivity contribution in [3.05, 3.63) is 48.0 Å². The van der Waals surface area contributed by atoms with Gasteiger partial charge in [0.05, 0.1) is 37.8 Å². The zero-order valence-electron chi connectivity index (χ0n) is 16.7. The van der Waals surface area contributed by atoms with Crippen LogP contribution in [0.3, 0.4) is 0 Å². The van der Waals surface area contributed by atoms with Gasteiger partial charge < -0.3 is 24.6 Å². The number of ether oxygens (including phenoxy) is 2.